The number of aryl methyl sites for hydroxylation is 1. The first-order valence-electron chi connectivity index (χ1n) is 7.70. The van der Waals surface area contributed by atoms with Crippen molar-refractivity contribution >= 4 is 5.96 Å². The zero-order valence-electron chi connectivity index (χ0n) is 14.3. The fraction of sp³-hybridized carbons (Fsp3) is 0.588. The topological polar surface area (TPSA) is 65.9 Å². The number of aliphatic hydroxyl groups is 1. The first-order chi connectivity index (χ1) is 10.4. The van der Waals surface area contributed by atoms with E-state index in [4.69, 9.17) is 4.74 Å². The third kappa shape index (κ3) is 6.45. The zero-order valence-corrected chi connectivity index (χ0v) is 14.3. The lowest BCUT2D eigenvalue weighted by Crippen LogP contribution is -2.40. The molecule has 0 saturated carbocycles. The number of nitrogens with zero attached hydrogens (tertiary/aromatic N) is 1. The van der Waals surface area contributed by atoms with Gasteiger partial charge in [0.05, 0.1) is 18.2 Å². The lowest BCUT2D eigenvalue weighted by atomic mass is 10.1. The minimum absolute atomic E-state index is 0.308. The molecule has 0 aliphatic heterocycles. The van der Waals surface area contributed by atoms with E-state index in [0.717, 1.165) is 17.7 Å². The molecule has 0 aliphatic carbocycles. The molecule has 1 atom stereocenters. The van der Waals surface area contributed by atoms with E-state index >= 15 is 0 Å². The summed E-state index contributed by atoms with van der Waals surface area (Å²) in [7, 11) is 1.68. The number of aliphatic hydroxyl groups excluding tert-OH is 1. The second-order valence-corrected chi connectivity index (χ2v) is 5.97. The zero-order chi connectivity index (χ0) is 16.6. The Morgan fingerprint density at radius 1 is 1.36 bits per heavy atom. The molecule has 0 amide bonds. The van der Waals surface area contributed by atoms with Crippen molar-refractivity contribution in [3.63, 3.8) is 0 Å². The summed E-state index contributed by atoms with van der Waals surface area (Å²) in [6, 6.07) is 7.89. The van der Waals surface area contributed by atoms with Gasteiger partial charge in [-0.25, -0.2) is 0 Å². The summed E-state index contributed by atoms with van der Waals surface area (Å²) in [4.78, 5) is 4.50. The van der Waals surface area contributed by atoms with E-state index in [0.29, 0.717) is 19.0 Å². The predicted molar refractivity (Wildman–Crippen MR) is 91.2 cm³/mol. The number of aliphatic imine (C=N–C) groups is 1. The summed E-state index contributed by atoms with van der Waals surface area (Å²) >= 11 is 0. The Balaban J connectivity index is 2.62. The molecular weight excluding hydrogens is 278 g/mol. The highest BCUT2D eigenvalue weighted by molar-refractivity contribution is 5.79. The number of hydrogen-bond donors (Lipinski definition) is 3. The maximum absolute atomic E-state index is 10.3. The fourth-order valence-corrected chi connectivity index (χ4v) is 1.86. The third-order valence-electron chi connectivity index (χ3n) is 3.40. The van der Waals surface area contributed by atoms with Crippen molar-refractivity contribution in [1.29, 1.82) is 0 Å². The van der Waals surface area contributed by atoms with Gasteiger partial charge in [0, 0.05) is 20.2 Å². The monoisotopic (exact) mass is 307 g/mol. The normalized spacial score (nSPS) is 13.8. The van der Waals surface area contributed by atoms with Gasteiger partial charge in [0.15, 0.2) is 5.96 Å². The Labute approximate surface area is 133 Å². The van der Waals surface area contributed by atoms with E-state index in [1.165, 1.54) is 0 Å². The van der Waals surface area contributed by atoms with Gasteiger partial charge in [-0.2, -0.15) is 0 Å². The highest BCUT2D eigenvalue weighted by Gasteiger charge is 2.16. The summed E-state index contributed by atoms with van der Waals surface area (Å²) < 4.78 is 5.36. The van der Waals surface area contributed by atoms with Crippen LogP contribution in [-0.2, 0) is 4.74 Å². The SMILES string of the molecule is CCNC(=NCC(C)(C)OC)NCC(O)c1cccc(C)c1. The lowest BCUT2D eigenvalue weighted by Gasteiger charge is -2.22. The van der Waals surface area contributed by atoms with Crippen LogP contribution in [0.25, 0.3) is 0 Å². The lowest BCUT2D eigenvalue weighted by molar-refractivity contribution is 0.0310. The molecule has 0 radical (unpaired) electrons. The van der Waals surface area contributed by atoms with Gasteiger partial charge in [0.1, 0.15) is 0 Å². The molecule has 1 rings (SSSR count). The van der Waals surface area contributed by atoms with E-state index in [1.807, 2.05) is 52.0 Å². The smallest absolute Gasteiger partial charge is 0.191 e. The molecule has 0 heterocycles. The van der Waals surface area contributed by atoms with Crippen molar-refractivity contribution in [1.82, 2.24) is 10.6 Å². The van der Waals surface area contributed by atoms with Crippen molar-refractivity contribution in [3.05, 3.63) is 35.4 Å². The fourth-order valence-electron chi connectivity index (χ4n) is 1.86. The van der Waals surface area contributed by atoms with Crippen LogP contribution in [0.5, 0.6) is 0 Å². The highest BCUT2D eigenvalue weighted by Crippen LogP contribution is 2.13. The summed E-state index contributed by atoms with van der Waals surface area (Å²) in [5.74, 6) is 0.680. The Kier molecular flexibility index (Phi) is 7.35. The molecule has 0 saturated heterocycles. The first kappa shape index (κ1) is 18.5. The van der Waals surface area contributed by atoms with Crippen LogP contribution in [0.4, 0.5) is 0 Å². The van der Waals surface area contributed by atoms with Crippen LogP contribution in [0, 0.1) is 6.92 Å². The number of methoxy groups -OCH3 is 1. The maximum Gasteiger partial charge on any atom is 0.191 e. The van der Waals surface area contributed by atoms with E-state index in [2.05, 4.69) is 15.6 Å². The molecule has 22 heavy (non-hydrogen) atoms. The maximum atomic E-state index is 10.3. The molecule has 1 aromatic carbocycles. The second kappa shape index (κ2) is 8.76. The van der Waals surface area contributed by atoms with Gasteiger partial charge < -0.3 is 20.5 Å². The highest BCUT2D eigenvalue weighted by atomic mass is 16.5. The van der Waals surface area contributed by atoms with Gasteiger partial charge in [0.2, 0.25) is 0 Å². The summed E-state index contributed by atoms with van der Waals surface area (Å²) in [5.41, 5.74) is 1.73. The summed E-state index contributed by atoms with van der Waals surface area (Å²) in [6.45, 7) is 9.71. The van der Waals surface area contributed by atoms with Crippen LogP contribution < -0.4 is 10.6 Å². The van der Waals surface area contributed by atoms with Gasteiger partial charge in [-0.15, -0.1) is 0 Å². The second-order valence-electron chi connectivity index (χ2n) is 5.97. The molecule has 0 spiro atoms. The molecule has 0 aliphatic rings. The Morgan fingerprint density at radius 2 is 2.09 bits per heavy atom. The van der Waals surface area contributed by atoms with Crippen molar-refractivity contribution < 1.29 is 9.84 Å². The van der Waals surface area contributed by atoms with Crippen LogP contribution in [0.2, 0.25) is 0 Å². The first-order valence-corrected chi connectivity index (χ1v) is 7.70. The van der Waals surface area contributed by atoms with Gasteiger partial charge in [-0.05, 0) is 33.3 Å². The van der Waals surface area contributed by atoms with Gasteiger partial charge >= 0.3 is 0 Å². The quantitative estimate of drug-likeness (QED) is 0.532. The molecule has 0 fully saturated rings. The molecule has 5 nitrogen and oxygen atoms in total. The number of benzene rings is 1. The van der Waals surface area contributed by atoms with Crippen molar-refractivity contribution in [2.24, 2.45) is 4.99 Å². The molecule has 0 aromatic heterocycles. The molecule has 3 N–H and O–H groups in total. The van der Waals surface area contributed by atoms with Gasteiger partial charge in [0.25, 0.3) is 0 Å². The van der Waals surface area contributed by atoms with Gasteiger partial charge in [-0.1, -0.05) is 29.8 Å². The van der Waals surface area contributed by atoms with Crippen LogP contribution in [0.1, 0.15) is 38.0 Å². The third-order valence-corrected chi connectivity index (χ3v) is 3.40. The standard InChI is InChI=1S/C17H29N3O2/c1-6-18-16(20-12-17(3,4)22-5)19-11-15(21)14-9-7-8-13(2)10-14/h7-10,15,21H,6,11-12H2,1-5H3,(H2,18,19,20). The molecule has 1 unspecified atom stereocenters. The summed E-state index contributed by atoms with van der Waals surface area (Å²) in [5, 5.41) is 16.6. The Morgan fingerprint density at radius 3 is 2.68 bits per heavy atom. The molecule has 5 heteroatoms. The number of nitrogens with one attached hydrogen (secondary N) is 2. The average Bonchev–Trinajstić information content (AvgIpc) is 2.49. The van der Waals surface area contributed by atoms with E-state index in [-0.39, 0.29) is 5.60 Å². The number of guanidine groups is 1. The molecule has 0 bridgehead atoms. The summed E-state index contributed by atoms with van der Waals surface area (Å²) in [6.07, 6.45) is -0.570. The predicted octanol–water partition coefficient (Wildman–Crippen LogP) is 2.01. The van der Waals surface area contributed by atoms with Crippen molar-refractivity contribution in [3.8, 4) is 0 Å². The van der Waals surface area contributed by atoms with Crippen LogP contribution in [0.3, 0.4) is 0 Å². The molecular formula is C17H29N3O2. The minimum Gasteiger partial charge on any atom is -0.387 e. The number of ether oxygens (including phenoxy) is 1. The van der Waals surface area contributed by atoms with E-state index in [9.17, 15) is 5.11 Å². The molecule has 1 aromatic rings. The van der Waals surface area contributed by atoms with Crippen molar-refractivity contribution in [2.75, 3.05) is 26.7 Å². The Hall–Kier alpha value is -1.59. The Bertz CT molecular complexity index is 487. The number of rotatable bonds is 7. The van der Waals surface area contributed by atoms with Gasteiger partial charge in [-0.3, -0.25) is 4.99 Å². The minimum atomic E-state index is -0.570. The van der Waals surface area contributed by atoms with E-state index < -0.39 is 6.10 Å². The largest absolute Gasteiger partial charge is 0.387 e. The van der Waals surface area contributed by atoms with Crippen LogP contribution in [0.15, 0.2) is 29.3 Å². The van der Waals surface area contributed by atoms with E-state index in [1.54, 1.807) is 7.11 Å². The number of hydrogen-bond acceptors (Lipinski definition) is 3. The average molecular weight is 307 g/mol. The van der Waals surface area contributed by atoms with Crippen LogP contribution in [-0.4, -0.2) is 43.4 Å². The molecule has 124 valence electrons. The van der Waals surface area contributed by atoms with Crippen LogP contribution >= 0.6 is 0 Å². The van der Waals surface area contributed by atoms with Crippen molar-refractivity contribution in [2.45, 2.75) is 39.4 Å².